The van der Waals surface area contributed by atoms with Crippen molar-refractivity contribution in [1.82, 2.24) is 0 Å². The van der Waals surface area contributed by atoms with Gasteiger partial charge in [-0.25, -0.2) is 0 Å². The lowest BCUT2D eigenvalue weighted by Gasteiger charge is -2.03. The monoisotopic (exact) mass is 230 g/mol. The van der Waals surface area contributed by atoms with E-state index in [2.05, 4.69) is 50.3 Å². The fraction of sp³-hybridized carbons (Fsp3) is 0.529. The molecule has 0 heteroatoms. The largest absolute Gasteiger partial charge is 0.0917 e. The number of allylic oxidation sites excluding steroid dienone is 2. The van der Waals surface area contributed by atoms with Crippen molar-refractivity contribution in [3.05, 3.63) is 47.5 Å². The van der Waals surface area contributed by atoms with Crippen molar-refractivity contribution in [3.8, 4) is 0 Å². The van der Waals surface area contributed by atoms with Crippen molar-refractivity contribution in [2.24, 2.45) is 0 Å². The van der Waals surface area contributed by atoms with Crippen LogP contribution in [-0.2, 0) is 12.8 Å². The van der Waals surface area contributed by atoms with Crippen LogP contribution in [0.3, 0.4) is 0 Å². The highest BCUT2D eigenvalue weighted by atomic mass is 14.0. The minimum absolute atomic E-state index is 1.16. The topological polar surface area (TPSA) is 0 Å². The maximum absolute atomic E-state index is 2.30. The summed E-state index contributed by atoms with van der Waals surface area (Å²) in [6, 6.07) is 9.19. The van der Waals surface area contributed by atoms with Gasteiger partial charge in [-0.3, -0.25) is 0 Å². The van der Waals surface area contributed by atoms with Crippen LogP contribution in [0.1, 0.15) is 57.1 Å². The summed E-state index contributed by atoms with van der Waals surface area (Å²) in [6.07, 6.45) is 13.3. The van der Waals surface area contributed by atoms with Gasteiger partial charge in [0.1, 0.15) is 0 Å². The third kappa shape index (κ3) is 6.31. The molecule has 1 aromatic carbocycles. The summed E-state index contributed by atoms with van der Waals surface area (Å²) in [4.78, 5) is 0. The minimum Gasteiger partial charge on any atom is -0.0917 e. The Bertz CT molecular complexity index is 305. The zero-order chi connectivity index (χ0) is 12.3. The molecule has 0 aromatic heterocycles. The Labute approximate surface area is 107 Å². The summed E-state index contributed by atoms with van der Waals surface area (Å²) in [7, 11) is 0. The minimum atomic E-state index is 1.16. The number of aryl methyl sites for hydroxylation is 2. The van der Waals surface area contributed by atoms with E-state index in [1.807, 2.05) is 0 Å². The molecule has 0 aliphatic rings. The second kappa shape index (κ2) is 9.04. The standard InChI is InChI=1S/C17H26/c1-3-5-7-9-11-17-14-12-16(13-15-17)10-8-6-4-2/h4,6,12-15H,3,5,7-11H2,1-2H3. The van der Waals surface area contributed by atoms with E-state index in [1.54, 1.807) is 0 Å². The van der Waals surface area contributed by atoms with Gasteiger partial charge in [-0.05, 0) is 43.7 Å². The second-order valence-electron chi connectivity index (χ2n) is 4.73. The summed E-state index contributed by atoms with van der Waals surface area (Å²) in [5.41, 5.74) is 2.95. The van der Waals surface area contributed by atoms with Crippen LogP contribution in [0.15, 0.2) is 36.4 Å². The molecular weight excluding hydrogens is 204 g/mol. The fourth-order valence-electron chi connectivity index (χ4n) is 2.05. The lowest BCUT2D eigenvalue weighted by molar-refractivity contribution is 0.667. The molecule has 0 aliphatic carbocycles. The average molecular weight is 230 g/mol. The Morgan fingerprint density at radius 1 is 0.882 bits per heavy atom. The lowest BCUT2D eigenvalue weighted by atomic mass is 10.0. The average Bonchev–Trinajstić information content (AvgIpc) is 2.37. The molecule has 94 valence electrons. The first kappa shape index (κ1) is 14.0. The third-order valence-electron chi connectivity index (χ3n) is 3.18. The van der Waals surface area contributed by atoms with Crippen molar-refractivity contribution in [1.29, 1.82) is 0 Å². The highest BCUT2D eigenvalue weighted by Crippen LogP contribution is 2.11. The summed E-state index contributed by atoms with van der Waals surface area (Å²) in [5, 5.41) is 0. The molecule has 0 aliphatic heterocycles. The van der Waals surface area contributed by atoms with Gasteiger partial charge in [0.25, 0.3) is 0 Å². The number of hydrogen-bond donors (Lipinski definition) is 0. The zero-order valence-electron chi connectivity index (χ0n) is 11.4. The van der Waals surface area contributed by atoms with E-state index in [0.717, 1.165) is 6.42 Å². The molecule has 0 nitrogen and oxygen atoms in total. The first-order valence-electron chi connectivity index (χ1n) is 7.05. The fourth-order valence-corrected chi connectivity index (χ4v) is 2.05. The van der Waals surface area contributed by atoms with Crippen LogP contribution in [0, 0.1) is 0 Å². The van der Waals surface area contributed by atoms with Gasteiger partial charge in [-0.1, -0.05) is 62.6 Å². The van der Waals surface area contributed by atoms with Gasteiger partial charge in [0.15, 0.2) is 0 Å². The van der Waals surface area contributed by atoms with Gasteiger partial charge in [-0.2, -0.15) is 0 Å². The summed E-state index contributed by atoms with van der Waals surface area (Å²) in [5.74, 6) is 0. The highest BCUT2D eigenvalue weighted by Gasteiger charge is 1.95. The molecule has 0 saturated heterocycles. The van der Waals surface area contributed by atoms with Crippen molar-refractivity contribution < 1.29 is 0 Å². The number of rotatable bonds is 8. The van der Waals surface area contributed by atoms with Crippen LogP contribution in [0.2, 0.25) is 0 Å². The van der Waals surface area contributed by atoms with E-state index < -0.39 is 0 Å². The van der Waals surface area contributed by atoms with Gasteiger partial charge in [0, 0.05) is 0 Å². The lowest BCUT2D eigenvalue weighted by Crippen LogP contribution is -1.88. The van der Waals surface area contributed by atoms with E-state index in [9.17, 15) is 0 Å². The first-order valence-corrected chi connectivity index (χ1v) is 7.05. The quantitative estimate of drug-likeness (QED) is 0.419. The molecule has 0 atom stereocenters. The third-order valence-corrected chi connectivity index (χ3v) is 3.18. The van der Waals surface area contributed by atoms with Crippen LogP contribution in [0.5, 0.6) is 0 Å². The molecule has 0 spiro atoms. The predicted octanol–water partition coefficient (Wildman–Crippen LogP) is 5.32. The summed E-state index contributed by atoms with van der Waals surface area (Å²) < 4.78 is 0. The first-order chi connectivity index (χ1) is 8.36. The highest BCUT2D eigenvalue weighted by molar-refractivity contribution is 5.23. The van der Waals surface area contributed by atoms with Gasteiger partial charge >= 0.3 is 0 Å². The Kier molecular flexibility index (Phi) is 7.46. The predicted molar refractivity (Wildman–Crippen MR) is 77.4 cm³/mol. The Morgan fingerprint density at radius 3 is 2.12 bits per heavy atom. The number of benzene rings is 1. The van der Waals surface area contributed by atoms with E-state index >= 15 is 0 Å². The normalized spacial score (nSPS) is 11.2. The zero-order valence-corrected chi connectivity index (χ0v) is 11.4. The van der Waals surface area contributed by atoms with Crippen molar-refractivity contribution in [2.75, 3.05) is 0 Å². The SMILES string of the molecule is CC=CCCc1ccc(CCCCCC)cc1. The molecule has 17 heavy (non-hydrogen) atoms. The smallest absolute Gasteiger partial charge is 0.0244 e. The Balaban J connectivity index is 2.29. The van der Waals surface area contributed by atoms with Crippen molar-refractivity contribution in [3.63, 3.8) is 0 Å². The van der Waals surface area contributed by atoms with Crippen molar-refractivity contribution >= 4 is 0 Å². The van der Waals surface area contributed by atoms with Crippen LogP contribution in [0.4, 0.5) is 0 Å². The van der Waals surface area contributed by atoms with E-state index in [4.69, 9.17) is 0 Å². The molecule has 0 saturated carbocycles. The molecule has 1 aromatic rings. The Morgan fingerprint density at radius 2 is 1.53 bits per heavy atom. The van der Waals surface area contributed by atoms with Crippen LogP contribution < -0.4 is 0 Å². The molecule has 0 N–H and O–H groups in total. The maximum Gasteiger partial charge on any atom is -0.0244 e. The summed E-state index contributed by atoms with van der Waals surface area (Å²) in [6.45, 7) is 4.35. The van der Waals surface area contributed by atoms with E-state index in [0.29, 0.717) is 0 Å². The second-order valence-corrected chi connectivity index (χ2v) is 4.73. The Hall–Kier alpha value is -1.04. The van der Waals surface area contributed by atoms with Gasteiger partial charge in [-0.15, -0.1) is 0 Å². The van der Waals surface area contributed by atoms with E-state index in [1.165, 1.54) is 49.7 Å². The van der Waals surface area contributed by atoms with E-state index in [-0.39, 0.29) is 0 Å². The van der Waals surface area contributed by atoms with Crippen molar-refractivity contribution in [2.45, 2.75) is 58.8 Å². The molecule has 1 rings (SSSR count). The number of unbranched alkanes of at least 4 members (excludes halogenated alkanes) is 3. The molecule has 0 amide bonds. The van der Waals surface area contributed by atoms with Gasteiger partial charge in [0.05, 0.1) is 0 Å². The molecule has 0 radical (unpaired) electrons. The molecular formula is C17H26. The number of hydrogen-bond acceptors (Lipinski definition) is 0. The molecule has 0 bridgehead atoms. The molecule has 0 fully saturated rings. The molecule has 0 heterocycles. The molecule has 0 unspecified atom stereocenters. The summed E-state index contributed by atoms with van der Waals surface area (Å²) >= 11 is 0. The maximum atomic E-state index is 2.30. The van der Waals surface area contributed by atoms with Gasteiger partial charge < -0.3 is 0 Å². The van der Waals surface area contributed by atoms with Crippen LogP contribution >= 0.6 is 0 Å². The van der Waals surface area contributed by atoms with Gasteiger partial charge in [0.2, 0.25) is 0 Å². The van der Waals surface area contributed by atoms with Crippen LogP contribution in [0.25, 0.3) is 0 Å². The van der Waals surface area contributed by atoms with Crippen LogP contribution in [-0.4, -0.2) is 0 Å².